The summed E-state index contributed by atoms with van der Waals surface area (Å²) in [5.74, 6) is 1.03. The molecule has 0 bridgehead atoms. The first-order valence-electron chi connectivity index (χ1n) is 5.49. The molecule has 0 saturated heterocycles. The summed E-state index contributed by atoms with van der Waals surface area (Å²) in [6.45, 7) is 1.65. The number of hydrogen-bond acceptors (Lipinski definition) is 4. The van der Waals surface area contributed by atoms with Crippen LogP contribution in [0.2, 0.25) is 0 Å². The fourth-order valence-electron chi connectivity index (χ4n) is 1.62. The average Bonchev–Trinajstić information content (AvgIpc) is 2.74. The summed E-state index contributed by atoms with van der Waals surface area (Å²) in [5.41, 5.74) is 1.12. The van der Waals surface area contributed by atoms with Gasteiger partial charge in [0.1, 0.15) is 5.75 Å². The Kier molecular flexibility index (Phi) is 3.31. The summed E-state index contributed by atoms with van der Waals surface area (Å²) in [5, 5.41) is 22.5. The number of aromatic nitrogens is 2. The van der Waals surface area contributed by atoms with Crippen molar-refractivity contribution in [1.29, 1.82) is 5.26 Å². The zero-order valence-corrected chi connectivity index (χ0v) is 10.2. The lowest BCUT2D eigenvalue weighted by molar-refractivity contribution is 0.195. The number of aliphatic hydroxyl groups is 1. The van der Waals surface area contributed by atoms with Crippen molar-refractivity contribution in [3.05, 3.63) is 41.7 Å². The molecule has 2 rings (SSSR count). The van der Waals surface area contributed by atoms with Crippen molar-refractivity contribution >= 4 is 0 Å². The van der Waals surface area contributed by atoms with Crippen molar-refractivity contribution in [1.82, 2.24) is 9.78 Å². The molecule has 0 fully saturated rings. The summed E-state index contributed by atoms with van der Waals surface area (Å²) in [7, 11) is 1.79. The van der Waals surface area contributed by atoms with Crippen LogP contribution < -0.4 is 4.74 Å². The number of ether oxygens (including phenoxy) is 1. The Labute approximate surface area is 105 Å². The van der Waals surface area contributed by atoms with E-state index < -0.39 is 6.10 Å². The van der Waals surface area contributed by atoms with Gasteiger partial charge in [0.25, 0.3) is 0 Å². The van der Waals surface area contributed by atoms with Crippen LogP contribution in [-0.2, 0) is 7.05 Å². The van der Waals surface area contributed by atoms with Crippen molar-refractivity contribution in [2.24, 2.45) is 7.05 Å². The van der Waals surface area contributed by atoms with Crippen LogP contribution in [0.25, 0.3) is 0 Å². The fourth-order valence-corrected chi connectivity index (χ4v) is 1.62. The van der Waals surface area contributed by atoms with Crippen molar-refractivity contribution < 1.29 is 9.84 Å². The van der Waals surface area contributed by atoms with Crippen molar-refractivity contribution in [2.75, 3.05) is 0 Å². The van der Waals surface area contributed by atoms with E-state index in [4.69, 9.17) is 10.00 Å². The third kappa shape index (κ3) is 2.50. The van der Waals surface area contributed by atoms with Crippen molar-refractivity contribution in [3.8, 4) is 17.6 Å². The molecule has 0 saturated carbocycles. The highest BCUT2D eigenvalue weighted by Crippen LogP contribution is 2.30. The second-order valence-corrected chi connectivity index (χ2v) is 3.99. The second kappa shape index (κ2) is 4.90. The summed E-state index contributed by atoms with van der Waals surface area (Å²) in [6, 6.07) is 6.99. The Hall–Kier alpha value is -2.32. The van der Waals surface area contributed by atoms with E-state index in [0.29, 0.717) is 22.6 Å². The molecule has 0 amide bonds. The molecule has 0 radical (unpaired) electrons. The van der Waals surface area contributed by atoms with Crippen LogP contribution in [0, 0.1) is 11.3 Å². The lowest BCUT2D eigenvalue weighted by Crippen LogP contribution is -1.96. The van der Waals surface area contributed by atoms with Crippen LogP contribution in [0.1, 0.15) is 24.2 Å². The Morgan fingerprint density at radius 1 is 1.50 bits per heavy atom. The summed E-state index contributed by atoms with van der Waals surface area (Å²) in [6.07, 6.45) is 2.62. The van der Waals surface area contributed by atoms with Gasteiger partial charge in [-0.05, 0) is 19.1 Å². The first-order valence-corrected chi connectivity index (χ1v) is 5.49. The van der Waals surface area contributed by atoms with Gasteiger partial charge in [0.2, 0.25) is 0 Å². The molecule has 5 heteroatoms. The van der Waals surface area contributed by atoms with E-state index in [1.54, 1.807) is 49.2 Å². The summed E-state index contributed by atoms with van der Waals surface area (Å²) in [4.78, 5) is 0. The second-order valence-electron chi connectivity index (χ2n) is 3.99. The number of aliphatic hydroxyl groups excluding tert-OH is 1. The third-order valence-electron chi connectivity index (χ3n) is 2.50. The van der Waals surface area contributed by atoms with Gasteiger partial charge in [-0.2, -0.15) is 10.4 Å². The van der Waals surface area contributed by atoms with Crippen LogP contribution >= 0.6 is 0 Å². The smallest absolute Gasteiger partial charge is 0.165 e. The molecule has 1 aromatic carbocycles. The van der Waals surface area contributed by atoms with Crippen LogP contribution in [0.4, 0.5) is 0 Å². The number of hydrogen-bond donors (Lipinski definition) is 1. The van der Waals surface area contributed by atoms with Crippen molar-refractivity contribution in [3.63, 3.8) is 0 Å². The van der Waals surface area contributed by atoms with E-state index in [9.17, 15) is 5.11 Å². The molecule has 18 heavy (non-hydrogen) atoms. The highest BCUT2D eigenvalue weighted by atomic mass is 16.5. The molecule has 2 aromatic rings. The molecular weight excluding hydrogens is 230 g/mol. The number of nitrogens with zero attached hydrogens (tertiary/aromatic N) is 3. The molecule has 1 atom stereocenters. The number of aryl methyl sites for hydroxylation is 1. The van der Waals surface area contributed by atoms with E-state index >= 15 is 0 Å². The highest BCUT2D eigenvalue weighted by Gasteiger charge is 2.11. The Bertz CT molecular complexity index is 597. The van der Waals surface area contributed by atoms with Crippen LogP contribution in [0.5, 0.6) is 11.5 Å². The van der Waals surface area contributed by atoms with Gasteiger partial charge in [0.05, 0.1) is 30.1 Å². The molecule has 0 unspecified atom stereocenters. The van der Waals surface area contributed by atoms with Crippen LogP contribution in [-0.4, -0.2) is 14.9 Å². The van der Waals surface area contributed by atoms with Crippen molar-refractivity contribution in [2.45, 2.75) is 13.0 Å². The molecule has 5 nitrogen and oxygen atoms in total. The molecule has 1 aromatic heterocycles. The molecular formula is C13H13N3O2. The van der Waals surface area contributed by atoms with Crippen LogP contribution in [0.15, 0.2) is 30.6 Å². The Morgan fingerprint density at radius 3 is 2.83 bits per heavy atom. The monoisotopic (exact) mass is 243 g/mol. The van der Waals surface area contributed by atoms with Gasteiger partial charge >= 0.3 is 0 Å². The zero-order valence-electron chi connectivity index (χ0n) is 10.2. The third-order valence-corrected chi connectivity index (χ3v) is 2.50. The topological polar surface area (TPSA) is 71.1 Å². The summed E-state index contributed by atoms with van der Waals surface area (Å²) >= 11 is 0. The van der Waals surface area contributed by atoms with E-state index in [1.165, 1.54) is 0 Å². The van der Waals surface area contributed by atoms with Gasteiger partial charge in [-0.25, -0.2) is 0 Å². The molecule has 0 aliphatic heterocycles. The van der Waals surface area contributed by atoms with E-state index in [2.05, 4.69) is 5.10 Å². The minimum absolute atomic E-state index is 0.469. The van der Waals surface area contributed by atoms with E-state index in [0.717, 1.165) is 0 Å². The van der Waals surface area contributed by atoms with Gasteiger partial charge in [-0.3, -0.25) is 4.68 Å². The predicted octanol–water partition coefficient (Wildman–Crippen LogP) is 2.14. The first kappa shape index (κ1) is 12.1. The average molecular weight is 243 g/mol. The number of rotatable bonds is 3. The Morgan fingerprint density at radius 2 is 2.28 bits per heavy atom. The molecule has 0 aliphatic carbocycles. The van der Waals surface area contributed by atoms with Gasteiger partial charge in [-0.1, -0.05) is 6.07 Å². The number of benzene rings is 1. The predicted molar refractivity (Wildman–Crippen MR) is 65.1 cm³/mol. The summed E-state index contributed by atoms with van der Waals surface area (Å²) < 4.78 is 7.26. The normalized spacial score (nSPS) is 11.9. The molecule has 92 valence electrons. The zero-order chi connectivity index (χ0) is 13.1. The quantitative estimate of drug-likeness (QED) is 0.896. The maximum atomic E-state index is 9.67. The molecule has 1 N–H and O–H groups in total. The van der Waals surface area contributed by atoms with E-state index in [-0.39, 0.29) is 0 Å². The lowest BCUT2D eigenvalue weighted by Gasteiger charge is -2.12. The molecule has 0 aliphatic rings. The largest absolute Gasteiger partial charge is 0.454 e. The van der Waals surface area contributed by atoms with Crippen LogP contribution in [0.3, 0.4) is 0 Å². The lowest BCUT2D eigenvalue weighted by atomic mass is 10.1. The van der Waals surface area contributed by atoms with Gasteiger partial charge in [-0.15, -0.1) is 0 Å². The SMILES string of the molecule is C[C@@H](O)c1ccc(C#N)cc1Oc1cnn(C)c1. The fraction of sp³-hybridized carbons (Fsp3) is 0.231. The van der Waals surface area contributed by atoms with Gasteiger partial charge in [0, 0.05) is 12.6 Å². The number of nitriles is 1. The first-order chi connectivity index (χ1) is 8.60. The minimum atomic E-state index is -0.663. The standard InChI is InChI=1S/C13H13N3O2/c1-9(17)12-4-3-10(6-14)5-13(12)18-11-7-15-16(2)8-11/h3-5,7-9,17H,1-2H3/t9-/m1/s1. The Balaban J connectivity index is 2.38. The minimum Gasteiger partial charge on any atom is -0.454 e. The van der Waals surface area contributed by atoms with Gasteiger partial charge in [0.15, 0.2) is 5.75 Å². The molecule has 0 spiro atoms. The highest BCUT2D eigenvalue weighted by molar-refractivity contribution is 5.45. The maximum absolute atomic E-state index is 9.67. The van der Waals surface area contributed by atoms with E-state index in [1.807, 2.05) is 6.07 Å². The van der Waals surface area contributed by atoms with Gasteiger partial charge < -0.3 is 9.84 Å². The molecule has 1 heterocycles. The maximum Gasteiger partial charge on any atom is 0.165 e.